The van der Waals surface area contributed by atoms with E-state index in [4.69, 9.17) is 9.47 Å². The summed E-state index contributed by atoms with van der Waals surface area (Å²) in [7, 11) is 0. The van der Waals surface area contributed by atoms with Crippen molar-refractivity contribution in [1.82, 2.24) is 19.6 Å². The minimum absolute atomic E-state index is 0.135. The average Bonchev–Trinajstić information content (AvgIpc) is 3.08. The number of rotatable bonds is 4. The van der Waals surface area contributed by atoms with E-state index in [1.165, 1.54) is 11.8 Å². The number of fused-ring (bicyclic) bond motifs is 2. The highest BCUT2D eigenvalue weighted by Crippen LogP contribution is 2.32. The summed E-state index contributed by atoms with van der Waals surface area (Å²) in [6, 6.07) is 5.37. The summed E-state index contributed by atoms with van der Waals surface area (Å²) >= 11 is 1.46. The fraction of sp³-hybridized carbons (Fsp3) is 0.333. The number of ether oxygens (including phenoxy) is 2. The van der Waals surface area contributed by atoms with E-state index in [0.717, 1.165) is 17.0 Å². The van der Waals surface area contributed by atoms with Gasteiger partial charge in [0, 0.05) is 28.7 Å². The number of anilines is 1. The second kappa shape index (κ2) is 7.07. The van der Waals surface area contributed by atoms with Crippen molar-refractivity contribution < 1.29 is 14.3 Å². The molecule has 0 saturated carbocycles. The third-order valence-electron chi connectivity index (χ3n) is 4.38. The van der Waals surface area contributed by atoms with Crippen LogP contribution in [0.2, 0.25) is 0 Å². The fourth-order valence-corrected chi connectivity index (χ4v) is 3.36. The number of hydrogen-bond donors (Lipinski definition) is 1. The van der Waals surface area contributed by atoms with Crippen LogP contribution >= 0.6 is 11.8 Å². The topological polar surface area (TPSA) is 90.6 Å². The molecule has 0 unspecified atom stereocenters. The molecule has 0 bridgehead atoms. The summed E-state index contributed by atoms with van der Waals surface area (Å²) in [5.41, 5.74) is 3.15. The Bertz CT molecular complexity index is 1030. The van der Waals surface area contributed by atoms with E-state index in [1.54, 1.807) is 22.7 Å². The summed E-state index contributed by atoms with van der Waals surface area (Å²) in [6.45, 7) is 4.85. The molecule has 9 heteroatoms. The maximum atomic E-state index is 12.6. The molecule has 140 valence electrons. The molecule has 0 spiro atoms. The number of aromatic nitrogens is 4. The third-order valence-corrected chi connectivity index (χ3v) is 4.91. The molecule has 0 saturated heterocycles. The van der Waals surface area contributed by atoms with Crippen LogP contribution in [-0.2, 0) is 11.2 Å². The zero-order chi connectivity index (χ0) is 19.0. The standard InChI is InChI=1S/C18H19N5O3S/c1-10-13(11(2)23-17(19-10)21-18(22-23)27-3)9-16(24)20-12-4-5-14-15(8-12)26-7-6-25-14/h4-5,8H,6-7,9H2,1-3H3,(H,20,24). The minimum atomic E-state index is -0.135. The van der Waals surface area contributed by atoms with Crippen LogP contribution in [0.3, 0.4) is 0 Å². The zero-order valence-corrected chi connectivity index (χ0v) is 16.1. The molecular formula is C18H19N5O3S. The van der Waals surface area contributed by atoms with Crippen molar-refractivity contribution in [2.24, 2.45) is 0 Å². The van der Waals surface area contributed by atoms with Gasteiger partial charge in [-0.15, -0.1) is 5.10 Å². The summed E-state index contributed by atoms with van der Waals surface area (Å²) in [6.07, 6.45) is 2.11. The predicted molar refractivity (Wildman–Crippen MR) is 102 cm³/mol. The largest absolute Gasteiger partial charge is 0.486 e. The first kappa shape index (κ1) is 17.6. The third kappa shape index (κ3) is 3.42. The van der Waals surface area contributed by atoms with Crippen LogP contribution < -0.4 is 14.8 Å². The Kier molecular flexibility index (Phi) is 4.61. The van der Waals surface area contributed by atoms with Gasteiger partial charge in [0.25, 0.3) is 5.78 Å². The molecule has 0 atom stereocenters. The lowest BCUT2D eigenvalue weighted by Gasteiger charge is -2.19. The second-order valence-corrected chi connectivity index (χ2v) is 6.93. The molecule has 3 aromatic rings. The molecule has 0 aliphatic carbocycles. The maximum Gasteiger partial charge on any atom is 0.253 e. The van der Waals surface area contributed by atoms with Gasteiger partial charge in [0.1, 0.15) is 13.2 Å². The maximum absolute atomic E-state index is 12.6. The van der Waals surface area contributed by atoms with Crippen molar-refractivity contribution in [1.29, 1.82) is 0 Å². The monoisotopic (exact) mass is 385 g/mol. The van der Waals surface area contributed by atoms with Gasteiger partial charge in [-0.05, 0) is 32.2 Å². The van der Waals surface area contributed by atoms with Gasteiger partial charge in [0.2, 0.25) is 11.1 Å². The molecule has 1 aliphatic heterocycles. The van der Waals surface area contributed by atoms with Gasteiger partial charge < -0.3 is 14.8 Å². The summed E-state index contributed by atoms with van der Waals surface area (Å²) in [4.78, 5) is 21.4. The summed E-state index contributed by atoms with van der Waals surface area (Å²) < 4.78 is 12.7. The first-order valence-corrected chi connectivity index (χ1v) is 9.74. The van der Waals surface area contributed by atoms with Crippen LogP contribution in [0.4, 0.5) is 5.69 Å². The Morgan fingerprint density at radius 2 is 2.00 bits per heavy atom. The molecule has 0 radical (unpaired) electrons. The lowest BCUT2D eigenvalue weighted by Crippen LogP contribution is -2.19. The quantitative estimate of drug-likeness (QED) is 0.690. The highest BCUT2D eigenvalue weighted by atomic mass is 32.2. The van der Waals surface area contributed by atoms with Crippen molar-refractivity contribution in [2.45, 2.75) is 25.4 Å². The van der Waals surface area contributed by atoms with E-state index in [1.807, 2.05) is 20.1 Å². The molecule has 2 aromatic heterocycles. The van der Waals surface area contributed by atoms with Crippen molar-refractivity contribution in [3.05, 3.63) is 35.2 Å². The number of hydrogen-bond acceptors (Lipinski definition) is 7. The Hall–Kier alpha value is -2.81. The minimum Gasteiger partial charge on any atom is -0.486 e. The van der Waals surface area contributed by atoms with E-state index in [2.05, 4.69) is 20.4 Å². The van der Waals surface area contributed by atoms with Gasteiger partial charge >= 0.3 is 0 Å². The predicted octanol–water partition coefficient (Wildman–Crippen LogP) is 2.42. The van der Waals surface area contributed by atoms with Crippen molar-refractivity contribution in [2.75, 3.05) is 24.8 Å². The van der Waals surface area contributed by atoms with Gasteiger partial charge in [-0.25, -0.2) is 9.50 Å². The summed E-state index contributed by atoms with van der Waals surface area (Å²) in [5.74, 6) is 1.74. The number of benzene rings is 1. The van der Waals surface area contributed by atoms with Gasteiger partial charge in [0.05, 0.1) is 6.42 Å². The number of aryl methyl sites for hydroxylation is 2. The number of amides is 1. The van der Waals surface area contributed by atoms with E-state index in [-0.39, 0.29) is 12.3 Å². The van der Waals surface area contributed by atoms with Gasteiger partial charge in [-0.3, -0.25) is 4.79 Å². The molecule has 8 nitrogen and oxygen atoms in total. The lowest BCUT2D eigenvalue weighted by atomic mass is 10.1. The van der Waals surface area contributed by atoms with E-state index < -0.39 is 0 Å². The van der Waals surface area contributed by atoms with Crippen molar-refractivity contribution in [3.63, 3.8) is 0 Å². The summed E-state index contributed by atoms with van der Waals surface area (Å²) in [5, 5.41) is 7.98. The van der Waals surface area contributed by atoms with Crippen LogP contribution in [0.15, 0.2) is 23.4 Å². The smallest absolute Gasteiger partial charge is 0.253 e. The van der Waals surface area contributed by atoms with Gasteiger partial charge in [-0.2, -0.15) is 4.98 Å². The Balaban J connectivity index is 1.56. The molecule has 1 aliphatic rings. The highest BCUT2D eigenvalue weighted by molar-refractivity contribution is 7.98. The number of nitrogens with one attached hydrogen (secondary N) is 1. The fourth-order valence-electron chi connectivity index (χ4n) is 3.02. The first-order valence-electron chi connectivity index (χ1n) is 8.51. The van der Waals surface area contributed by atoms with E-state index in [9.17, 15) is 4.79 Å². The number of carbonyl (C=O) groups is 1. The van der Waals surface area contributed by atoms with Crippen LogP contribution in [0.25, 0.3) is 5.78 Å². The Morgan fingerprint density at radius 1 is 1.22 bits per heavy atom. The highest BCUT2D eigenvalue weighted by Gasteiger charge is 2.17. The molecule has 4 rings (SSSR count). The molecule has 1 aromatic carbocycles. The van der Waals surface area contributed by atoms with Crippen molar-refractivity contribution >= 4 is 29.1 Å². The van der Waals surface area contributed by atoms with Gasteiger partial charge in [0.15, 0.2) is 11.5 Å². The van der Waals surface area contributed by atoms with E-state index >= 15 is 0 Å². The van der Waals surface area contributed by atoms with Crippen molar-refractivity contribution in [3.8, 4) is 11.5 Å². The normalized spacial score (nSPS) is 13.0. The Labute approximate surface area is 160 Å². The number of nitrogens with zero attached hydrogens (tertiary/aromatic N) is 4. The van der Waals surface area contributed by atoms with Crippen LogP contribution in [-0.4, -0.2) is 45.0 Å². The second-order valence-electron chi connectivity index (χ2n) is 6.15. The van der Waals surface area contributed by atoms with Gasteiger partial charge in [-0.1, -0.05) is 11.8 Å². The molecule has 0 fully saturated rings. The molecule has 27 heavy (non-hydrogen) atoms. The van der Waals surface area contributed by atoms with Crippen LogP contribution in [0.1, 0.15) is 17.0 Å². The molecule has 1 amide bonds. The van der Waals surface area contributed by atoms with E-state index in [0.29, 0.717) is 41.3 Å². The lowest BCUT2D eigenvalue weighted by molar-refractivity contribution is -0.115. The zero-order valence-electron chi connectivity index (χ0n) is 15.3. The molecule has 1 N–H and O–H groups in total. The first-order chi connectivity index (χ1) is 13.0. The SMILES string of the molecule is CSc1nc2nc(C)c(CC(=O)Nc3ccc4c(c3)OCCO4)c(C)n2n1. The molecular weight excluding hydrogens is 366 g/mol. The number of carbonyl (C=O) groups excluding carboxylic acids is 1. The Morgan fingerprint density at radius 3 is 2.78 bits per heavy atom. The van der Waals surface area contributed by atoms with Crippen LogP contribution in [0, 0.1) is 13.8 Å². The average molecular weight is 385 g/mol. The number of thioether (sulfide) groups is 1. The van der Waals surface area contributed by atoms with Crippen LogP contribution in [0.5, 0.6) is 11.5 Å². The molecule has 3 heterocycles.